The number of aromatic nitrogens is 2. The van der Waals surface area contributed by atoms with Gasteiger partial charge in [0.15, 0.2) is 0 Å². The van der Waals surface area contributed by atoms with Crippen LogP contribution in [0.1, 0.15) is 35.8 Å². The predicted octanol–water partition coefficient (Wildman–Crippen LogP) is 5.21. The van der Waals surface area contributed by atoms with Crippen molar-refractivity contribution < 1.29 is 0 Å². The third-order valence-corrected chi connectivity index (χ3v) is 6.12. The summed E-state index contributed by atoms with van der Waals surface area (Å²) in [5.74, 6) is 2.21. The minimum Gasteiger partial charge on any atom is -0.236 e. The van der Waals surface area contributed by atoms with Crippen LogP contribution in [0.5, 0.6) is 0 Å². The second-order valence-corrected chi connectivity index (χ2v) is 7.41. The summed E-state index contributed by atoms with van der Waals surface area (Å²) in [4.78, 5) is 10.4. The van der Waals surface area contributed by atoms with Gasteiger partial charge in [-0.05, 0) is 54.0 Å². The Bertz CT molecular complexity index is 644. The van der Waals surface area contributed by atoms with E-state index in [4.69, 9.17) is 16.6 Å². The fourth-order valence-electron chi connectivity index (χ4n) is 2.03. The molecule has 0 bridgehead atoms. The van der Waals surface area contributed by atoms with Gasteiger partial charge >= 0.3 is 0 Å². The fourth-order valence-corrected chi connectivity index (χ4v) is 3.79. The molecule has 1 aromatic heterocycles. The van der Waals surface area contributed by atoms with Gasteiger partial charge in [0.2, 0.25) is 0 Å². The molecule has 1 aliphatic carbocycles. The van der Waals surface area contributed by atoms with Gasteiger partial charge in [0.1, 0.15) is 11.0 Å². The molecule has 1 fully saturated rings. The topological polar surface area (TPSA) is 25.8 Å². The first-order valence-electron chi connectivity index (χ1n) is 6.55. The molecule has 20 heavy (non-hydrogen) atoms. The highest BCUT2D eigenvalue weighted by atomic mass is 127. The molecule has 1 saturated carbocycles. The molecule has 0 unspecified atom stereocenters. The maximum Gasteiger partial charge on any atom is 0.146 e. The molecule has 2 nitrogen and oxygen atoms in total. The van der Waals surface area contributed by atoms with Crippen LogP contribution >= 0.6 is 46.0 Å². The number of rotatable bonds is 4. The number of aryl methyl sites for hydroxylation is 1. The van der Waals surface area contributed by atoms with Crippen LogP contribution in [0.25, 0.3) is 0 Å². The van der Waals surface area contributed by atoms with Crippen LogP contribution in [0.15, 0.2) is 29.2 Å². The van der Waals surface area contributed by atoms with Crippen LogP contribution in [0.3, 0.4) is 0 Å². The minimum atomic E-state index is 0.600. The van der Waals surface area contributed by atoms with Gasteiger partial charge in [-0.3, -0.25) is 0 Å². The molecule has 1 heterocycles. The van der Waals surface area contributed by atoms with Gasteiger partial charge in [-0.1, -0.05) is 29.8 Å². The van der Waals surface area contributed by atoms with Crippen molar-refractivity contribution in [1.29, 1.82) is 0 Å². The number of hydrogen-bond acceptors (Lipinski definition) is 3. The van der Waals surface area contributed by atoms with Gasteiger partial charge in [0, 0.05) is 10.8 Å². The Kier molecular flexibility index (Phi) is 4.52. The van der Waals surface area contributed by atoms with E-state index in [0.717, 1.165) is 20.8 Å². The van der Waals surface area contributed by atoms with Crippen molar-refractivity contribution in [3.8, 4) is 0 Å². The summed E-state index contributed by atoms with van der Waals surface area (Å²) in [5.41, 5.74) is 2.43. The number of thioether (sulfide) groups is 1. The second-order valence-electron chi connectivity index (χ2n) is 4.96. The maximum atomic E-state index is 6.24. The smallest absolute Gasteiger partial charge is 0.146 e. The zero-order valence-corrected chi connectivity index (χ0v) is 14.8. The third-order valence-electron chi connectivity index (χ3n) is 3.30. The van der Waals surface area contributed by atoms with Crippen molar-refractivity contribution in [2.24, 2.45) is 0 Å². The molecule has 1 aromatic carbocycles. The summed E-state index contributed by atoms with van der Waals surface area (Å²) in [7, 11) is 0. The fraction of sp³-hybridized carbons (Fsp3) is 0.333. The molecule has 0 amide bonds. The summed E-state index contributed by atoms with van der Waals surface area (Å²) < 4.78 is 1.02. The Hall–Kier alpha value is -0.330. The highest BCUT2D eigenvalue weighted by Crippen LogP contribution is 2.42. The van der Waals surface area contributed by atoms with Gasteiger partial charge in [-0.25, -0.2) is 9.97 Å². The number of hydrogen-bond donors (Lipinski definition) is 0. The van der Waals surface area contributed by atoms with Gasteiger partial charge < -0.3 is 0 Å². The summed E-state index contributed by atoms with van der Waals surface area (Å²) in [6, 6.07) is 8.38. The van der Waals surface area contributed by atoms with Crippen LogP contribution in [-0.2, 0) is 5.75 Å². The van der Waals surface area contributed by atoms with E-state index in [9.17, 15) is 0 Å². The summed E-state index contributed by atoms with van der Waals surface area (Å²) in [6.07, 6.45) is 2.46. The zero-order chi connectivity index (χ0) is 14.1. The number of benzene rings is 1. The first-order valence-corrected chi connectivity index (χ1v) is 8.99. The molecule has 0 atom stereocenters. The first-order chi connectivity index (χ1) is 9.65. The molecular weight excluding hydrogens is 403 g/mol. The van der Waals surface area contributed by atoms with Crippen LogP contribution < -0.4 is 0 Å². The largest absolute Gasteiger partial charge is 0.236 e. The highest BCUT2D eigenvalue weighted by Gasteiger charge is 2.29. The highest BCUT2D eigenvalue weighted by molar-refractivity contribution is 14.1. The summed E-state index contributed by atoms with van der Waals surface area (Å²) in [6.45, 7) is 2.12. The van der Waals surface area contributed by atoms with Gasteiger partial charge in [0.05, 0.1) is 15.0 Å². The number of halogens is 2. The molecule has 0 saturated heterocycles. The normalized spacial score (nSPS) is 14.6. The maximum absolute atomic E-state index is 6.24. The van der Waals surface area contributed by atoms with E-state index in [1.165, 1.54) is 23.3 Å². The van der Waals surface area contributed by atoms with Gasteiger partial charge in [-0.2, -0.15) is 0 Å². The van der Waals surface area contributed by atoms with E-state index in [-0.39, 0.29) is 0 Å². The Morgan fingerprint density at radius 2 is 2.05 bits per heavy atom. The molecule has 0 spiro atoms. The van der Waals surface area contributed by atoms with E-state index >= 15 is 0 Å². The summed E-state index contributed by atoms with van der Waals surface area (Å²) >= 11 is 10.3. The van der Waals surface area contributed by atoms with E-state index in [2.05, 4.69) is 58.8 Å². The average Bonchev–Trinajstić information content (AvgIpc) is 3.26. The van der Waals surface area contributed by atoms with Crippen LogP contribution in [-0.4, -0.2) is 9.97 Å². The van der Waals surface area contributed by atoms with Gasteiger partial charge in [0.25, 0.3) is 0 Å². The minimum absolute atomic E-state index is 0.600. The Morgan fingerprint density at radius 3 is 2.75 bits per heavy atom. The lowest BCUT2D eigenvalue weighted by Gasteiger charge is -2.08. The first kappa shape index (κ1) is 14.6. The lowest BCUT2D eigenvalue weighted by molar-refractivity contribution is 0.918. The van der Waals surface area contributed by atoms with E-state index < -0.39 is 0 Å². The second kappa shape index (κ2) is 6.20. The van der Waals surface area contributed by atoms with Gasteiger partial charge in [-0.15, -0.1) is 11.8 Å². The van der Waals surface area contributed by atoms with Crippen molar-refractivity contribution in [2.45, 2.75) is 36.3 Å². The molecule has 3 rings (SSSR count). The number of nitrogens with zero attached hydrogens (tertiary/aromatic N) is 2. The Morgan fingerprint density at radius 1 is 1.30 bits per heavy atom. The van der Waals surface area contributed by atoms with E-state index in [1.54, 1.807) is 11.8 Å². The van der Waals surface area contributed by atoms with Crippen LogP contribution in [0.4, 0.5) is 0 Å². The van der Waals surface area contributed by atoms with Crippen molar-refractivity contribution in [2.75, 3.05) is 0 Å². The lowest BCUT2D eigenvalue weighted by Crippen LogP contribution is -2.01. The molecule has 2 aromatic rings. The Labute approximate surface area is 141 Å². The van der Waals surface area contributed by atoms with Crippen molar-refractivity contribution in [3.63, 3.8) is 0 Å². The van der Waals surface area contributed by atoms with Crippen LogP contribution in [0, 0.1) is 10.5 Å². The monoisotopic (exact) mass is 416 g/mol. The van der Waals surface area contributed by atoms with Crippen molar-refractivity contribution in [1.82, 2.24) is 9.97 Å². The standard InChI is InChI=1S/C15H14ClIN2S/c1-9-4-2-3-5-11(9)20-8-12-18-14(10-6-7-10)13(17)15(16)19-12/h2-5,10H,6-8H2,1H3. The molecule has 0 N–H and O–H groups in total. The predicted molar refractivity (Wildman–Crippen MR) is 92.5 cm³/mol. The van der Waals surface area contributed by atoms with Crippen molar-refractivity contribution in [3.05, 3.63) is 50.1 Å². The molecule has 104 valence electrons. The van der Waals surface area contributed by atoms with E-state index in [1.807, 2.05) is 0 Å². The molecule has 0 aliphatic heterocycles. The van der Waals surface area contributed by atoms with E-state index in [0.29, 0.717) is 11.1 Å². The lowest BCUT2D eigenvalue weighted by atomic mass is 10.2. The average molecular weight is 417 g/mol. The SMILES string of the molecule is Cc1ccccc1SCc1nc(Cl)c(I)c(C2CC2)n1. The molecule has 5 heteroatoms. The molecular formula is C15H14ClIN2S. The van der Waals surface area contributed by atoms with Crippen molar-refractivity contribution >= 4 is 46.0 Å². The zero-order valence-electron chi connectivity index (χ0n) is 11.1. The summed E-state index contributed by atoms with van der Waals surface area (Å²) in [5, 5.41) is 0.600. The third kappa shape index (κ3) is 3.28. The van der Waals surface area contributed by atoms with Crippen LogP contribution in [0.2, 0.25) is 5.15 Å². The molecule has 0 radical (unpaired) electrons. The quantitative estimate of drug-likeness (QED) is 0.388. The Balaban J connectivity index is 1.79. The molecule has 1 aliphatic rings.